The average molecular weight is 483 g/mol. The molecule has 186 valence electrons. The summed E-state index contributed by atoms with van der Waals surface area (Å²) in [7, 11) is -3.58. The van der Waals surface area contributed by atoms with Crippen LogP contribution in [0.5, 0.6) is 0 Å². The smallest absolute Gasteiger partial charge is 0.295 e. The predicted molar refractivity (Wildman–Crippen MR) is 126 cm³/mol. The number of ether oxygens (including phenoxy) is 3. The van der Waals surface area contributed by atoms with Crippen molar-refractivity contribution in [3.05, 3.63) is 0 Å². The van der Waals surface area contributed by atoms with Crippen LogP contribution in [0.3, 0.4) is 0 Å². The highest BCUT2D eigenvalue weighted by atomic mass is 28.4. The van der Waals surface area contributed by atoms with Gasteiger partial charge in [-0.1, -0.05) is 41.5 Å². The van der Waals surface area contributed by atoms with E-state index < -0.39 is 22.7 Å². The molecule has 31 heavy (non-hydrogen) atoms. The van der Waals surface area contributed by atoms with E-state index >= 15 is 0 Å². The molecule has 0 bridgehead atoms. The lowest BCUT2D eigenvalue weighted by molar-refractivity contribution is -0.363. The maximum Gasteiger partial charge on any atom is 0.295 e. The Hall–Kier alpha value is -0.336. The van der Waals surface area contributed by atoms with Crippen molar-refractivity contribution in [2.45, 2.75) is 83.9 Å². The summed E-state index contributed by atoms with van der Waals surface area (Å²) in [5, 5.41) is 0.316. The molecule has 0 unspecified atom stereocenters. The van der Waals surface area contributed by atoms with Gasteiger partial charge < -0.3 is 23.1 Å². The molecule has 10 heteroatoms. The van der Waals surface area contributed by atoms with Crippen LogP contribution >= 0.6 is 0 Å². The second-order valence-corrected chi connectivity index (χ2v) is 20.2. The number of hydrogen-bond acceptors (Lipinski definition) is 8. The topological polar surface area (TPSA) is 81.7 Å². The zero-order chi connectivity index (χ0) is 24.2. The van der Waals surface area contributed by atoms with Gasteiger partial charge in [0.1, 0.15) is 6.10 Å². The van der Waals surface area contributed by atoms with Crippen LogP contribution in [0, 0.1) is 0 Å². The molecule has 0 aromatic heterocycles. The molecule has 0 aliphatic heterocycles. The van der Waals surface area contributed by atoms with E-state index in [9.17, 15) is 4.79 Å². The maximum atomic E-state index is 10.2. The first kappa shape index (κ1) is 30.7. The molecule has 0 aromatic rings. The van der Waals surface area contributed by atoms with Gasteiger partial charge in [0.25, 0.3) is 6.47 Å². The lowest BCUT2D eigenvalue weighted by Gasteiger charge is -2.36. The Balaban J connectivity index is 4.30. The van der Waals surface area contributed by atoms with E-state index in [1.54, 1.807) is 0 Å². The van der Waals surface area contributed by atoms with E-state index in [2.05, 4.69) is 72.5 Å². The standard InChI is InChI=1S/C21H46O8Si2/c1-20(2,3)30(7,8)27-13-11-23-15-19(29-26-18-25-17-22)16-24-12-14-28-31(9,10)21(4,5)6/h17,19H,11-16,18H2,1-10H3. The fourth-order valence-electron chi connectivity index (χ4n) is 1.86. The molecular weight excluding hydrogens is 436 g/mol. The molecule has 0 fully saturated rings. The van der Waals surface area contributed by atoms with Crippen LogP contribution in [0.15, 0.2) is 0 Å². The molecule has 0 rings (SSSR count). The van der Waals surface area contributed by atoms with Crippen molar-refractivity contribution in [2.75, 3.05) is 46.4 Å². The van der Waals surface area contributed by atoms with Crippen molar-refractivity contribution in [2.24, 2.45) is 0 Å². The second kappa shape index (κ2) is 14.0. The summed E-state index contributed by atoms with van der Waals surface area (Å²) in [4.78, 5) is 20.3. The van der Waals surface area contributed by atoms with Gasteiger partial charge in [-0.3, -0.25) is 4.79 Å². The molecule has 0 amide bonds. The van der Waals surface area contributed by atoms with Gasteiger partial charge in [0.15, 0.2) is 16.6 Å². The largest absolute Gasteiger partial charge is 0.438 e. The quantitative estimate of drug-likeness (QED) is 0.0748. The van der Waals surface area contributed by atoms with Gasteiger partial charge in [-0.05, 0) is 36.3 Å². The summed E-state index contributed by atoms with van der Waals surface area (Å²) in [5.41, 5.74) is 0. The Morgan fingerprint density at radius 3 is 1.52 bits per heavy atom. The van der Waals surface area contributed by atoms with E-state index in [0.717, 1.165) is 0 Å². The van der Waals surface area contributed by atoms with Crippen LogP contribution < -0.4 is 0 Å². The van der Waals surface area contributed by atoms with Crippen molar-refractivity contribution < 1.29 is 37.6 Å². The SMILES string of the molecule is CC(C)(C)[Si](C)(C)OCCOCC(COCCO[Si](C)(C)C(C)(C)C)OOCOC=O. The van der Waals surface area contributed by atoms with E-state index in [1.807, 2.05) is 0 Å². The number of carbonyl (C=O) groups excluding carboxylic acids is 1. The highest BCUT2D eigenvalue weighted by Crippen LogP contribution is 2.37. The molecule has 0 saturated carbocycles. The normalized spacial score (nSPS) is 13.6. The minimum absolute atomic E-state index is 0.158. The Bertz CT molecular complexity index is 451. The van der Waals surface area contributed by atoms with Crippen LogP contribution in [0.1, 0.15) is 41.5 Å². The Morgan fingerprint density at radius 1 is 0.742 bits per heavy atom. The maximum absolute atomic E-state index is 10.2. The third-order valence-electron chi connectivity index (χ3n) is 5.99. The monoisotopic (exact) mass is 482 g/mol. The van der Waals surface area contributed by atoms with Gasteiger partial charge in [0.2, 0.25) is 6.79 Å². The van der Waals surface area contributed by atoms with Crippen molar-refractivity contribution in [3.8, 4) is 0 Å². The van der Waals surface area contributed by atoms with Crippen LogP contribution in [0.25, 0.3) is 0 Å². The average Bonchev–Trinajstić information content (AvgIpc) is 2.61. The molecule has 0 radical (unpaired) electrons. The fraction of sp³-hybridized carbons (Fsp3) is 0.952. The van der Waals surface area contributed by atoms with Crippen LogP contribution in [-0.2, 0) is 37.6 Å². The summed E-state index contributed by atoms with van der Waals surface area (Å²) in [6.07, 6.45) is -0.462. The van der Waals surface area contributed by atoms with Gasteiger partial charge in [-0.2, -0.15) is 4.89 Å². The fourth-order valence-corrected chi connectivity index (χ4v) is 3.91. The molecule has 8 nitrogen and oxygen atoms in total. The minimum atomic E-state index is -1.79. The molecule has 0 saturated heterocycles. The third kappa shape index (κ3) is 13.1. The highest BCUT2D eigenvalue weighted by Gasteiger charge is 2.37. The summed E-state index contributed by atoms with van der Waals surface area (Å²) in [6.45, 7) is 24.5. The van der Waals surface area contributed by atoms with Crippen molar-refractivity contribution >= 4 is 23.1 Å². The summed E-state index contributed by atoms with van der Waals surface area (Å²) >= 11 is 0. The van der Waals surface area contributed by atoms with Crippen LogP contribution in [-0.4, -0.2) is 75.6 Å². The van der Waals surface area contributed by atoms with Gasteiger partial charge in [0, 0.05) is 0 Å². The molecule has 0 heterocycles. The Morgan fingerprint density at radius 2 is 1.16 bits per heavy atom. The molecular formula is C21H46O8Si2. The molecule has 0 spiro atoms. The lowest BCUT2D eigenvalue weighted by atomic mass is 10.2. The molecule has 0 aliphatic carbocycles. The Labute approximate surface area is 191 Å². The van der Waals surface area contributed by atoms with Gasteiger partial charge in [0.05, 0.1) is 39.6 Å². The van der Waals surface area contributed by atoms with Crippen LogP contribution in [0.4, 0.5) is 0 Å². The molecule has 0 atom stereocenters. The molecule has 0 aliphatic rings. The predicted octanol–water partition coefficient (Wildman–Crippen LogP) is 4.51. The number of carbonyl (C=O) groups is 1. The zero-order valence-corrected chi connectivity index (χ0v) is 23.4. The van der Waals surface area contributed by atoms with E-state index in [-0.39, 0.29) is 30.1 Å². The number of rotatable bonds is 17. The van der Waals surface area contributed by atoms with Gasteiger partial charge in [-0.25, -0.2) is 4.89 Å². The van der Waals surface area contributed by atoms with E-state index in [0.29, 0.717) is 32.9 Å². The van der Waals surface area contributed by atoms with Crippen molar-refractivity contribution in [3.63, 3.8) is 0 Å². The first-order valence-corrected chi connectivity index (χ1v) is 16.7. The highest BCUT2D eigenvalue weighted by molar-refractivity contribution is 6.74. The van der Waals surface area contributed by atoms with E-state index in [1.165, 1.54) is 0 Å². The summed E-state index contributed by atoms with van der Waals surface area (Å²) in [6, 6.07) is 0. The van der Waals surface area contributed by atoms with Crippen LogP contribution in [0.2, 0.25) is 36.3 Å². The summed E-state index contributed by atoms with van der Waals surface area (Å²) < 4.78 is 28.1. The van der Waals surface area contributed by atoms with Crippen molar-refractivity contribution in [1.82, 2.24) is 0 Å². The second-order valence-electron chi connectivity index (χ2n) is 10.6. The van der Waals surface area contributed by atoms with Gasteiger partial charge in [-0.15, -0.1) is 0 Å². The van der Waals surface area contributed by atoms with Gasteiger partial charge >= 0.3 is 0 Å². The zero-order valence-electron chi connectivity index (χ0n) is 21.4. The lowest BCUT2D eigenvalue weighted by Crippen LogP contribution is -2.41. The summed E-state index contributed by atoms with van der Waals surface area (Å²) in [5.74, 6) is 0. The first-order valence-electron chi connectivity index (χ1n) is 10.9. The van der Waals surface area contributed by atoms with E-state index in [4.69, 9.17) is 28.1 Å². The molecule has 0 N–H and O–H groups in total. The third-order valence-corrected chi connectivity index (χ3v) is 15.1. The van der Waals surface area contributed by atoms with Crippen molar-refractivity contribution in [1.29, 1.82) is 0 Å². The Kier molecular flexibility index (Phi) is 13.9. The number of hydrogen-bond donors (Lipinski definition) is 0. The molecule has 0 aromatic carbocycles. The first-order chi connectivity index (χ1) is 14.1. The minimum Gasteiger partial charge on any atom is -0.438 e.